The number of benzene rings is 1. The third kappa shape index (κ3) is 4.12. The average molecular weight is 369 g/mol. The van der Waals surface area contributed by atoms with Crippen molar-refractivity contribution in [1.82, 2.24) is 15.1 Å². The number of likely N-dealkylation sites (tertiary alicyclic amines) is 1. The Hall–Kier alpha value is -2.44. The van der Waals surface area contributed by atoms with Crippen LogP contribution in [0.3, 0.4) is 0 Å². The minimum Gasteiger partial charge on any atom is -0.462 e. The summed E-state index contributed by atoms with van der Waals surface area (Å²) in [5.74, 6) is 1.97. The van der Waals surface area contributed by atoms with Crippen LogP contribution in [0.25, 0.3) is 11.1 Å². The Kier molecular flexibility index (Phi) is 5.36. The molecule has 4 rings (SSSR count). The van der Waals surface area contributed by atoms with E-state index < -0.39 is 0 Å². The van der Waals surface area contributed by atoms with Gasteiger partial charge in [0, 0.05) is 30.8 Å². The number of ether oxygens (including phenoxy) is 1. The Morgan fingerprint density at radius 2 is 2.04 bits per heavy atom. The zero-order valence-electron chi connectivity index (χ0n) is 15.5. The number of hydrogen-bond acceptors (Lipinski definition) is 4. The lowest BCUT2D eigenvalue weighted by atomic mass is 9.90. The molecule has 0 radical (unpaired) electrons. The molecule has 1 atom stereocenters. The number of methoxy groups -OCH3 is 1. The van der Waals surface area contributed by atoms with E-state index in [1.54, 1.807) is 7.11 Å². The quantitative estimate of drug-likeness (QED) is 0.702. The highest BCUT2D eigenvalue weighted by molar-refractivity contribution is 5.65. The van der Waals surface area contributed by atoms with E-state index in [-0.39, 0.29) is 5.82 Å². The second-order valence-electron chi connectivity index (χ2n) is 7.08. The van der Waals surface area contributed by atoms with Gasteiger partial charge in [0.25, 0.3) is 0 Å². The lowest BCUT2D eigenvalue weighted by Crippen LogP contribution is -2.34. The fourth-order valence-corrected chi connectivity index (χ4v) is 3.85. The number of H-pyrrole nitrogens is 1. The van der Waals surface area contributed by atoms with Gasteiger partial charge in [0.1, 0.15) is 23.9 Å². The van der Waals surface area contributed by atoms with Gasteiger partial charge in [-0.2, -0.15) is 5.10 Å². The van der Waals surface area contributed by atoms with Crippen LogP contribution in [0.15, 0.2) is 47.0 Å². The second kappa shape index (κ2) is 8.06. The summed E-state index contributed by atoms with van der Waals surface area (Å²) in [5, 5.41) is 7.44. The van der Waals surface area contributed by atoms with E-state index >= 15 is 0 Å². The summed E-state index contributed by atoms with van der Waals surface area (Å²) in [4.78, 5) is 2.42. The van der Waals surface area contributed by atoms with Gasteiger partial charge in [0.05, 0.1) is 12.7 Å². The molecule has 142 valence electrons. The third-order valence-corrected chi connectivity index (χ3v) is 5.12. The van der Waals surface area contributed by atoms with E-state index in [0.29, 0.717) is 12.5 Å². The maximum atomic E-state index is 13.2. The van der Waals surface area contributed by atoms with Crippen molar-refractivity contribution in [2.75, 3.05) is 20.2 Å². The number of furan rings is 1. The number of nitrogens with one attached hydrogen (secondary N) is 1. The molecule has 5 nitrogen and oxygen atoms in total. The minimum absolute atomic E-state index is 0.223. The molecule has 0 amide bonds. The lowest BCUT2D eigenvalue weighted by molar-refractivity contribution is 0.153. The molecule has 0 bridgehead atoms. The molecule has 0 spiro atoms. The van der Waals surface area contributed by atoms with Crippen molar-refractivity contribution in [3.63, 3.8) is 0 Å². The standard InChI is InChI=1S/C21H24FN3O2/c1-26-14-19-9-8-18(27-19)13-25-10-2-3-16(12-25)21-20(11-23-24-21)15-4-6-17(22)7-5-15/h4-9,11,16H,2-3,10,12-14H2,1H3,(H,23,24)/t16-/m1/s1. The van der Waals surface area contributed by atoms with E-state index in [1.807, 2.05) is 30.5 Å². The Labute approximate surface area is 158 Å². The van der Waals surface area contributed by atoms with E-state index in [0.717, 1.165) is 60.8 Å². The number of nitrogens with zero attached hydrogens (tertiary/aromatic N) is 2. The van der Waals surface area contributed by atoms with Crippen LogP contribution in [0.4, 0.5) is 4.39 Å². The Morgan fingerprint density at radius 1 is 1.22 bits per heavy atom. The van der Waals surface area contributed by atoms with Gasteiger partial charge in [0.15, 0.2) is 0 Å². The predicted octanol–water partition coefficient (Wildman–Crippen LogP) is 4.33. The molecule has 1 aliphatic heterocycles. The molecule has 0 unspecified atom stereocenters. The highest BCUT2D eigenvalue weighted by Gasteiger charge is 2.25. The number of hydrogen-bond donors (Lipinski definition) is 1. The molecule has 0 saturated carbocycles. The molecule has 1 saturated heterocycles. The van der Waals surface area contributed by atoms with Crippen molar-refractivity contribution in [1.29, 1.82) is 0 Å². The molecule has 1 N–H and O–H groups in total. The van der Waals surface area contributed by atoms with Crippen molar-refractivity contribution >= 4 is 0 Å². The predicted molar refractivity (Wildman–Crippen MR) is 101 cm³/mol. The summed E-state index contributed by atoms with van der Waals surface area (Å²) in [7, 11) is 1.67. The normalized spacial score (nSPS) is 18.1. The van der Waals surface area contributed by atoms with Crippen LogP contribution in [0.1, 0.15) is 36.0 Å². The Balaban J connectivity index is 1.47. The maximum absolute atomic E-state index is 13.2. The molecule has 1 aliphatic rings. The van der Waals surface area contributed by atoms with Crippen molar-refractivity contribution in [3.8, 4) is 11.1 Å². The van der Waals surface area contributed by atoms with Crippen LogP contribution in [0, 0.1) is 5.82 Å². The minimum atomic E-state index is -0.223. The van der Waals surface area contributed by atoms with Gasteiger partial charge in [-0.05, 0) is 49.2 Å². The van der Waals surface area contributed by atoms with Crippen LogP contribution in [-0.2, 0) is 17.9 Å². The summed E-state index contributed by atoms with van der Waals surface area (Å²) < 4.78 is 24.2. The highest BCUT2D eigenvalue weighted by atomic mass is 19.1. The molecular weight excluding hydrogens is 345 g/mol. The zero-order valence-corrected chi connectivity index (χ0v) is 15.5. The van der Waals surface area contributed by atoms with Gasteiger partial charge in [-0.15, -0.1) is 0 Å². The first-order chi connectivity index (χ1) is 13.2. The van der Waals surface area contributed by atoms with E-state index in [9.17, 15) is 4.39 Å². The summed E-state index contributed by atoms with van der Waals surface area (Å²) in [5.41, 5.74) is 3.18. The Morgan fingerprint density at radius 3 is 2.85 bits per heavy atom. The molecule has 3 heterocycles. The molecule has 3 aromatic rings. The van der Waals surface area contributed by atoms with Crippen LogP contribution in [0.2, 0.25) is 0 Å². The van der Waals surface area contributed by atoms with Crippen LogP contribution in [-0.4, -0.2) is 35.3 Å². The first-order valence-corrected chi connectivity index (χ1v) is 9.31. The van der Waals surface area contributed by atoms with E-state index in [1.165, 1.54) is 12.1 Å². The molecule has 1 aromatic carbocycles. The van der Waals surface area contributed by atoms with Gasteiger partial charge in [-0.25, -0.2) is 4.39 Å². The lowest BCUT2D eigenvalue weighted by Gasteiger charge is -2.32. The second-order valence-corrected chi connectivity index (χ2v) is 7.08. The van der Waals surface area contributed by atoms with Crippen molar-refractivity contribution in [2.24, 2.45) is 0 Å². The fraction of sp³-hybridized carbons (Fsp3) is 0.381. The maximum Gasteiger partial charge on any atom is 0.129 e. The van der Waals surface area contributed by atoms with Crippen LogP contribution >= 0.6 is 0 Å². The van der Waals surface area contributed by atoms with Gasteiger partial charge in [0.2, 0.25) is 0 Å². The number of halogens is 1. The number of rotatable bonds is 6. The first-order valence-electron chi connectivity index (χ1n) is 9.31. The first kappa shape index (κ1) is 17.9. The fourth-order valence-electron chi connectivity index (χ4n) is 3.85. The number of aromatic nitrogens is 2. The molecule has 2 aromatic heterocycles. The van der Waals surface area contributed by atoms with Crippen molar-refractivity contribution in [3.05, 3.63) is 65.6 Å². The van der Waals surface area contributed by atoms with E-state index in [4.69, 9.17) is 9.15 Å². The van der Waals surface area contributed by atoms with Gasteiger partial charge < -0.3 is 9.15 Å². The van der Waals surface area contributed by atoms with Gasteiger partial charge in [-0.3, -0.25) is 10.00 Å². The number of aromatic amines is 1. The van der Waals surface area contributed by atoms with Crippen molar-refractivity contribution in [2.45, 2.75) is 31.9 Å². The van der Waals surface area contributed by atoms with Gasteiger partial charge in [-0.1, -0.05) is 12.1 Å². The number of piperidine rings is 1. The Bertz CT molecular complexity index is 872. The molecule has 6 heteroatoms. The largest absolute Gasteiger partial charge is 0.462 e. The van der Waals surface area contributed by atoms with E-state index in [2.05, 4.69) is 15.1 Å². The van der Waals surface area contributed by atoms with Crippen LogP contribution in [0.5, 0.6) is 0 Å². The third-order valence-electron chi connectivity index (χ3n) is 5.12. The monoisotopic (exact) mass is 369 g/mol. The molecule has 0 aliphatic carbocycles. The zero-order chi connectivity index (χ0) is 18.6. The summed E-state index contributed by atoms with van der Waals surface area (Å²) >= 11 is 0. The highest BCUT2D eigenvalue weighted by Crippen LogP contribution is 2.33. The smallest absolute Gasteiger partial charge is 0.129 e. The summed E-state index contributed by atoms with van der Waals surface area (Å²) in [6.07, 6.45) is 4.07. The topological polar surface area (TPSA) is 54.3 Å². The van der Waals surface area contributed by atoms with Crippen LogP contribution < -0.4 is 0 Å². The average Bonchev–Trinajstić information content (AvgIpc) is 3.33. The molecule has 27 heavy (non-hydrogen) atoms. The summed E-state index contributed by atoms with van der Waals surface area (Å²) in [6, 6.07) is 10.6. The molecular formula is C21H24FN3O2. The van der Waals surface area contributed by atoms with Crippen molar-refractivity contribution < 1.29 is 13.5 Å². The molecule has 1 fully saturated rings. The summed E-state index contributed by atoms with van der Waals surface area (Å²) in [6.45, 7) is 3.28. The van der Waals surface area contributed by atoms with Gasteiger partial charge >= 0.3 is 0 Å². The SMILES string of the molecule is COCc1ccc(CN2CCC[C@@H](c3[nH]ncc3-c3ccc(F)cc3)C2)o1.